The Morgan fingerprint density at radius 1 is 1.40 bits per heavy atom. The van der Waals surface area contributed by atoms with E-state index in [0.717, 1.165) is 0 Å². The second-order valence-electron chi connectivity index (χ2n) is 6.16. The summed E-state index contributed by atoms with van der Waals surface area (Å²) >= 11 is 0. The molecule has 0 spiro atoms. The van der Waals surface area contributed by atoms with Crippen LogP contribution in [0.4, 0.5) is 10.5 Å². The van der Waals surface area contributed by atoms with Gasteiger partial charge in [0.15, 0.2) is 0 Å². The first-order chi connectivity index (χ1) is 11.7. The Kier molecular flexibility index (Phi) is 6.02. The Labute approximate surface area is 147 Å². The minimum absolute atomic E-state index is 0.0652. The molecule has 0 aliphatic carbocycles. The molecule has 2 amide bonds. The van der Waals surface area contributed by atoms with Crippen LogP contribution < -0.4 is 10.0 Å². The lowest BCUT2D eigenvalue weighted by atomic mass is 10.1. The molecule has 2 atom stereocenters. The summed E-state index contributed by atoms with van der Waals surface area (Å²) in [6, 6.07) is 5.34. The summed E-state index contributed by atoms with van der Waals surface area (Å²) in [5, 5.41) is 11.6. The average Bonchev–Trinajstić information content (AvgIpc) is 3.05. The van der Waals surface area contributed by atoms with Gasteiger partial charge < -0.3 is 15.3 Å². The second-order valence-corrected chi connectivity index (χ2v) is 7.87. The minimum atomic E-state index is -3.66. The fraction of sp³-hybridized carbons (Fsp3) is 0.500. The molecule has 9 heteroatoms. The van der Waals surface area contributed by atoms with Gasteiger partial charge in [0.2, 0.25) is 10.0 Å². The maximum Gasteiger partial charge on any atom is 0.321 e. The van der Waals surface area contributed by atoms with Crippen LogP contribution in [0.3, 0.4) is 0 Å². The smallest absolute Gasteiger partial charge is 0.321 e. The number of hydrogen-bond donors (Lipinski definition) is 3. The lowest BCUT2D eigenvalue weighted by molar-refractivity contribution is -0.141. The first-order valence-corrected chi connectivity index (χ1v) is 9.62. The zero-order chi connectivity index (χ0) is 18.6. The number of urea groups is 1. The molecule has 1 aromatic carbocycles. The highest BCUT2D eigenvalue weighted by atomic mass is 32.2. The number of aliphatic carboxylic acids is 1. The summed E-state index contributed by atoms with van der Waals surface area (Å²) in [5.74, 6) is -1.48. The Morgan fingerprint density at radius 3 is 2.72 bits per heavy atom. The molecule has 1 heterocycles. The molecule has 1 aliphatic rings. The number of nitrogens with zero attached hydrogens (tertiary/aromatic N) is 1. The van der Waals surface area contributed by atoms with Crippen LogP contribution in [0.1, 0.15) is 26.7 Å². The summed E-state index contributed by atoms with van der Waals surface area (Å²) in [7, 11) is -3.66. The molecule has 8 nitrogen and oxygen atoms in total. The van der Waals surface area contributed by atoms with Gasteiger partial charge in [-0.15, -0.1) is 0 Å². The molecule has 2 unspecified atom stereocenters. The normalized spacial score (nSPS) is 18.8. The fourth-order valence-electron chi connectivity index (χ4n) is 2.51. The monoisotopic (exact) mass is 369 g/mol. The molecule has 1 fully saturated rings. The summed E-state index contributed by atoms with van der Waals surface area (Å²) in [5.41, 5.74) is 0.343. The van der Waals surface area contributed by atoms with E-state index in [2.05, 4.69) is 10.0 Å². The fourth-order valence-corrected chi connectivity index (χ4v) is 3.88. The number of carbonyl (C=O) groups is 2. The van der Waals surface area contributed by atoms with E-state index in [1.54, 1.807) is 19.1 Å². The van der Waals surface area contributed by atoms with E-state index in [1.807, 2.05) is 6.92 Å². The van der Waals surface area contributed by atoms with Crippen LogP contribution in [0.15, 0.2) is 29.2 Å². The standard InChI is InChI=1S/C16H23N3O5S/c1-3-11(2)18-25(23,24)14-6-4-5-13(9-14)17-16(22)19-8-7-12(10-19)15(20)21/h4-6,9,11-12,18H,3,7-8,10H2,1-2H3,(H,17,22)(H,20,21). The SMILES string of the molecule is CCC(C)NS(=O)(=O)c1cccc(NC(=O)N2CCC(C(=O)O)C2)c1. The van der Waals surface area contributed by atoms with Crippen molar-refractivity contribution in [2.75, 3.05) is 18.4 Å². The molecule has 0 radical (unpaired) electrons. The van der Waals surface area contributed by atoms with Gasteiger partial charge in [-0.1, -0.05) is 13.0 Å². The number of likely N-dealkylation sites (tertiary alicyclic amines) is 1. The van der Waals surface area contributed by atoms with E-state index >= 15 is 0 Å². The van der Waals surface area contributed by atoms with Crippen molar-refractivity contribution in [1.29, 1.82) is 0 Å². The topological polar surface area (TPSA) is 116 Å². The number of nitrogens with one attached hydrogen (secondary N) is 2. The zero-order valence-electron chi connectivity index (χ0n) is 14.2. The van der Waals surface area contributed by atoms with Gasteiger partial charge in [-0.3, -0.25) is 4.79 Å². The summed E-state index contributed by atoms with van der Waals surface area (Å²) in [6.07, 6.45) is 1.07. The Bertz CT molecular complexity index is 750. The van der Waals surface area contributed by atoms with Crippen molar-refractivity contribution in [2.45, 2.75) is 37.6 Å². The van der Waals surface area contributed by atoms with Crippen molar-refractivity contribution in [3.63, 3.8) is 0 Å². The van der Waals surface area contributed by atoms with Crippen LogP contribution in [0.5, 0.6) is 0 Å². The highest BCUT2D eigenvalue weighted by Gasteiger charge is 2.31. The lowest BCUT2D eigenvalue weighted by Crippen LogP contribution is -2.34. The second kappa shape index (κ2) is 7.83. The maximum atomic E-state index is 12.3. The number of anilines is 1. The molecule has 0 saturated carbocycles. The Morgan fingerprint density at radius 2 is 2.12 bits per heavy atom. The van der Waals surface area contributed by atoms with Crippen molar-refractivity contribution in [3.8, 4) is 0 Å². The first kappa shape index (κ1) is 19.2. The summed E-state index contributed by atoms with van der Waals surface area (Å²) < 4.78 is 27.2. The molecule has 2 rings (SSSR count). The Balaban J connectivity index is 2.07. The number of carboxylic acid groups (broad SMARTS) is 1. The van der Waals surface area contributed by atoms with Gasteiger partial charge in [0.1, 0.15) is 0 Å². The number of amides is 2. The Hall–Kier alpha value is -2.13. The molecule has 0 aromatic heterocycles. The van der Waals surface area contributed by atoms with Gasteiger partial charge in [-0.05, 0) is 38.0 Å². The molecule has 1 aromatic rings. The molecule has 25 heavy (non-hydrogen) atoms. The van der Waals surface area contributed by atoms with Crippen molar-refractivity contribution in [1.82, 2.24) is 9.62 Å². The highest BCUT2D eigenvalue weighted by Crippen LogP contribution is 2.20. The van der Waals surface area contributed by atoms with Crippen LogP contribution in [-0.2, 0) is 14.8 Å². The third kappa shape index (κ3) is 4.93. The molecule has 0 bridgehead atoms. The number of sulfonamides is 1. The van der Waals surface area contributed by atoms with Gasteiger partial charge in [0.25, 0.3) is 0 Å². The summed E-state index contributed by atoms with van der Waals surface area (Å²) in [4.78, 5) is 24.7. The van der Waals surface area contributed by atoms with Gasteiger partial charge in [0, 0.05) is 24.8 Å². The van der Waals surface area contributed by atoms with Crippen molar-refractivity contribution >= 4 is 27.7 Å². The van der Waals surface area contributed by atoms with E-state index in [0.29, 0.717) is 25.1 Å². The predicted octanol–water partition coefficient (Wildman–Crippen LogP) is 1.70. The van der Waals surface area contributed by atoms with Gasteiger partial charge in [0.05, 0.1) is 10.8 Å². The quantitative estimate of drug-likeness (QED) is 0.706. The lowest BCUT2D eigenvalue weighted by Gasteiger charge is -2.17. The van der Waals surface area contributed by atoms with E-state index in [9.17, 15) is 18.0 Å². The van der Waals surface area contributed by atoms with E-state index in [-0.39, 0.29) is 17.5 Å². The largest absolute Gasteiger partial charge is 0.481 e. The third-order valence-corrected chi connectivity index (χ3v) is 5.78. The third-order valence-electron chi connectivity index (χ3n) is 4.19. The highest BCUT2D eigenvalue weighted by molar-refractivity contribution is 7.89. The van der Waals surface area contributed by atoms with Gasteiger partial charge in [-0.2, -0.15) is 0 Å². The van der Waals surface area contributed by atoms with Crippen LogP contribution in [0, 0.1) is 5.92 Å². The van der Waals surface area contributed by atoms with Crippen LogP contribution in [-0.4, -0.2) is 49.6 Å². The summed E-state index contributed by atoms with van der Waals surface area (Å²) in [6.45, 7) is 4.16. The number of rotatable bonds is 6. The molecular weight excluding hydrogens is 346 g/mol. The van der Waals surface area contributed by atoms with E-state index in [4.69, 9.17) is 5.11 Å². The number of carbonyl (C=O) groups excluding carboxylic acids is 1. The molecule has 1 aliphatic heterocycles. The maximum absolute atomic E-state index is 12.3. The molecule has 3 N–H and O–H groups in total. The first-order valence-electron chi connectivity index (χ1n) is 8.14. The van der Waals surface area contributed by atoms with Gasteiger partial charge in [-0.25, -0.2) is 17.9 Å². The van der Waals surface area contributed by atoms with Gasteiger partial charge >= 0.3 is 12.0 Å². The van der Waals surface area contributed by atoms with Crippen molar-refractivity contribution in [3.05, 3.63) is 24.3 Å². The van der Waals surface area contributed by atoms with E-state index in [1.165, 1.54) is 17.0 Å². The number of benzene rings is 1. The molecule has 1 saturated heterocycles. The predicted molar refractivity (Wildman–Crippen MR) is 92.9 cm³/mol. The van der Waals surface area contributed by atoms with Crippen LogP contribution in [0.2, 0.25) is 0 Å². The molecular formula is C16H23N3O5S. The molecule has 138 valence electrons. The van der Waals surface area contributed by atoms with Crippen molar-refractivity contribution < 1.29 is 23.1 Å². The van der Waals surface area contributed by atoms with Crippen molar-refractivity contribution in [2.24, 2.45) is 5.92 Å². The zero-order valence-corrected chi connectivity index (χ0v) is 15.0. The average molecular weight is 369 g/mol. The number of carboxylic acids is 1. The minimum Gasteiger partial charge on any atom is -0.481 e. The van der Waals surface area contributed by atoms with Crippen LogP contribution >= 0.6 is 0 Å². The van der Waals surface area contributed by atoms with Crippen LogP contribution in [0.25, 0.3) is 0 Å². The number of hydrogen-bond acceptors (Lipinski definition) is 4. The van der Waals surface area contributed by atoms with E-state index < -0.39 is 27.9 Å².